The Labute approximate surface area is 118 Å². The molecule has 2 aromatic heterocycles. The molecule has 0 amide bonds. The number of fused-ring (bicyclic) bond motifs is 1. The molecule has 5 heteroatoms. The van der Waals surface area contributed by atoms with Gasteiger partial charge in [0.15, 0.2) is 0 Å². The molecule has 19 heavy (non-hydrogen) atoms. The summed E-state index contributed by atoms with van der Waals surface area (Å²) in [6.45, 7) is 11.2. The first-order valence-electron chi connectivity index (χ1n) is 6.66. The van der Waals surface area contributed by atoms with Crippen LogP contribution < -0.4 is 10.1 Å². The number of hydrogen-bond acceptors (Lipinski definition) is 5. The van der Waals surface area contributed by atoms with E-state index in [1.165, 1.54) is 4.88 Å². The molecule has 0 saturated heterocycles. The van der Waals surface area contributed by atoms with E-state index >= 15 is 0 Å². The summed E-state index contributed by atoms with van der Waals surface area (Å²) in [5.74, 6) is 1.32. The van der Waals surface area contributed by atoms with Crippen LogP contribution in [0.2, 0.25) is 0 Å². The maximum absolute atomic E-state index is 6.08. The molecule has 2 heterocycles. The van der Waals surface area contributed by atoms with Gasteiger partial charge in [0.05, 0.1) is 5.39 Å². The Bertz CT molecular complexity index is 577. The van der Waals surface area contributed by atoms with Crippen LogP contribution in [0, 0.1) is 6.92 Å². The van der Waals surface area contributed by atoms with E-state index < -0.39 is 0 Å². The molecule has 4 nitrogen and oxygen atoms in total. The summed E-state index contributed by atoms with van der Waals surface area (Å²) in [4.78, 5) is 11.2. The van der Waals surface area contributed by atoms with Gasteiger partial charge >= 0.3 is 0 Å². The molecule has 0 aromatic carbocycles. The number of anilines is 1. The van der Waals surface area contributed by atoms with Crippen molar-refractivity contribution in [3.05, 3.63) is 10.9 Å². The molecule has 2 aromatic rings. The molecule has 0 unspecified atom stereocenters. The number of nitrogens with zero attached hydrogens (tertiary/aromatic N) is 2. The summed E-state index contributed by atoms with van der Waals surface area (Å²) >= 11 is 1.67. The predicted octanol–water partition coefficient (Wildman–Crippen LogP) is 4.00. The highest BCUT2D eigenvalue weighted by Crippen LogP contribution is 2.33. The summed E-state index contributed by atoms with van der Waals surface area (Å²) in [5, 5.41) is 4.16. The average Bonchev–Trinajstić information content (AvgIpc) is 2.70. The maximum atomic E-state index is 6.08. The molecule has 0 bridgehead atoms. The molecule has 1 N–H and O–H groups in total. The second-order valence-electron chi connectivity index (χ2n) is 5.17. The van der Waals surface area contributed by atoms with Crippen LogP contribution in [0.1, 0.15) is 39.0 Å². The van der Waals surface area contributed by atoms with Gasteiger partial charge < -0.3 is 10.1 Å². The van der Waals surface area contributed by atoms with E-state index in [-0.39, 0.29) is 5.60 Å². The first kappa shape index (κ1) is 14.1. The topological polar surface area (TPSA) is 47.0 Å². The van der Waals surface area contributed by atoms with Crippen LogP contribution in [0.3, 0.4) is 0 Å². The molecule has 2 rings (SSSR count). The summed E-state index contributed by atoms with van der Waals surface area (Å²) in [6, 6.07) is 2.09. The third-order valence-electron chi connectivity index (χ3n) is 3.04. The highest BCUT2D eigenvalue weighted by Gasteiger charge is 2.21. The fourth-order valence-corrected chi connectivity index (χ4v) is 2.53. The van der Waals surface area contributed by atoms with Gasteiger partial charge in [0.1, 0.15) is 10.4 Å². The summed E-state index contributed by atoms with van der Waals surface area (Å²) < 4.78 is 6.08. The lowest BCUT2D eigenvalue weighted by Crippen LogP contribution is -2.27. The van der Waals surface area contributed by atoms with Crippen molar-refractivity contribution in [2.24, 2.45) is 0 Å². The van der Waals surface area contributed by atoms with Crippen LogP contribution in [0.25, 0.3) is 10.2 Å². The Kier molecular flexibility index (Phi) is 3.94. The number of nitrogens with one attached hydrogen (secondary N) is 1. The Morgan fingerprint density at radius 3 is 2.68 bits per heavy atom. The molecule has 0 aliphatic carbocycles. The monoisotopic (exact) mass is 279 g/mol. The molecule has 0 atom stereocenters. The summed E-state index contributed by atoms with van der Waals surface area (Å²) in [6.07, 6.45) is 0.929. The Morgan fingerprint density at radius 2 is 2.05 bits per heavy atom. The van der Waals surface area contributed by atoms with Gasteiger partial charge in [0.2, 0.25) is 11.8 Å². The fraction of sp³-hybridized carbons (Fsp3) is 0.571. The Balaban J connectivity index is 2.49. The Morgan fingerprint density at radius 1 is 1.32 bits per heavy atom. The molecular weight excluding hydrogens is 258 g/mol. The van der Waals surface area contributed by atoms with Crippen LogP contribution in [0.4, 0.5) is 5.95 Å². The van der Waals surface area contributed by atoms with E-state index in [9.17, 15) is 0 Å². The summed E-state index contributed by atoms with van der Waals surface area (Å²) in [7, 11) is 0. The molecule has 0 spiro atoms. The zero-order chi connectivity index (χ0) is 14.0. The second kappa shape index (κ2) is 5.33. The van der Waals surface area contributed by atoms with Crippen molar-refractivity contribution in [2.45, 2.75) is 46.6 Å². The molecule has 0 saturated carbocycles. The van der Waals surface area contributed by atoms with E-state index in [4.69, 9.17) is 4.74 Å². The first-order valence-corrected chi connectivity index (χ1v) is 7.48. The van der Waals surface area contributed by atoms with Gasteiger partial charge in [-0.1, -0.05) is 6.92 Å². The average molecular weight is 279 g/mol. The standard InChI is InChI=1S/C14H21N3OS/c1-6-14(4,5)18-11-10-8-9(3)19-12(10)17-13(16-11)15-7-2/h8H,6-7H2,1-5H3,(H,15,16,17). The highest BCUT2D eigenvalue weighted by atomic mass is 32.1. The van der Waals surface area contributed by atoms with E-state index in [0.717, 1.165) is 23.2 Å². The molecule has 0 aliphatic rings. The lowest BCUT2D eigenvalue weighted by atomic mass is 10.1. The zero-order valence-electron chi connectivity index (χ0n) is 12.2. The molecule has 0 fully saturated rings. The molecule has 104 valence electrons. The first-order chi connectivity index (χ1) is 8.95. The van der Waals surface area contributed by atoms with Gasteiger partial charge in [0, 0.05) is 11.4 Å². The molecule has 0 aliphatic heterocycles. The lowest BCUT2D eigenvalue weighted by Gasteiger charge is -2.24. The van der Waals surface area contributed by atoms with E-state index in [1.807, 2.05) is 6.92 Å². The SMILES string of the molecule is CCNc1nc(OC(C)(C)CC)c2cc(C)sc2n1. The van der Waals surface area contributed by atoms with E-state index in [1.54, 1.807) is 11.3 Å². The van der Waals surface area contributed by atoms with Crippen LogP contribution in [0.15, 0.2) is 6.07 Å². The smallest absolute Gasteiger partial charge is 0.227 e. The second-order valence-corrected chi connectivity index (χ2v) is 6.41. The quantitative estimate of drug-likeness (QED) is 0.898. The summed E-state index contributed by atoms with van der Waals surface area (Å²) in [5.41, 5.74) is -0.222. The number of ether oxygens (including phenoxy) is 1. The van der Waals surface area contributed by atoms with Crippen LogP contribution in [-0.2, 0) is 0 Å². The van der Waals surface area contributed by atoms with Crippen molar-refractivity contribution in [1.82, 2.24) is 9.97 Å². The van der Waals surface area contributed by atoms with Crippen molar-refractivity contribution < 1.29 is 4.74 Å². The van der Waals surface area contributed by atoms with Crippen molar-refractivity contribution in [2.75, 3.05) is 11.9 Å². The molecule has 0 radical (unpaired) electrons. The van der Waals surface area contributed by atoms with Crippen LogP contribution in [-0.4, -0.2) is 22.1 Å². The predicted molar refractivity (Wildman–Crippen MR) is 81.3 cm³/mol. The minimum atomic E-state index is -0.222. The van der Waals surface area contributed by atoms with Gasteiger partial charge in [0.25, 0.3) is 0 Å². The number of thiophene rings is 1. The van der Waals surface area contributed by atoms with Gasteiger partial charge in [-0.3, -0.25) is 0 Å². The zero-order valence-corrected chi connectivity index (χ0v) is 13.0. The number of rotatable bonds is 5. The largest absolute Gasteiger partial charge is 0.471 e. The van der Waals surface area contributed by atoms with Crippen molar-refractivity contribution in [3.8, 4) is 5.88 Å². The third-order valence-corrected chi connectivity index (χ3v) is 3.98. The number of hydrogen-bond donors (Lipinski definition) is 1. The fourth-order valence-electron chi connectivity index (χ4n) is 1.66. The van der Waals surface area contributed by atoms with Gasteiger partial charge in [-0.15, -0.1) is 11.3 Å². The highest BCUT2D eigenvalue weighted by molar-refractivity contribution is 7.18. The minimum Gasteiger partial charge on any atom is -0.471 e. The number of aryl methyl sites for hydroxylation is 1. The van der Waals surface area contributed by atoms with Crippen molar-refractivity contribution in [1.29, 1.82) is 0 Å². The van der Waals surface area contributed by atoms with Crippen LogP contribution in [0.5, 0.6) is 5.88 Å². The van der Waals surface area contributed by atoms with Crippen molar-refractivity contribution in [3.63, 3.8) is 0 Å². The minimum absolute atomic E-state index is 0.222. The lowest BCUT2D eigenvalue weighted by molar-refractivity contribution is 0.101. The van der Waals surface area contributed by atoms with Gasteiger partial charge in [-0.25, -0.2) is 4.98 Å². The van der Waals surface area contributed by atoms with Crippen LogP contribution >= 0.6 is 11.3 Å². The third kappa shape index (κ3) is 3.15. The van der Waals surface area contributed by atoms with E-state index in [2.05, 4.69) is 49.0 Å². The number of aromatic nitrogens is 2. The van der Waals surface area contributed by atoms with E-state index in [0.29, 0.717) is 11.8 Å². The molecular formula is C14H21N3OS. The normalized spacial score (nSPS) is 11.8. The van der Waals surface area contributed by atoms with Crippen molar-refractivity contribution >= 4 is 27.5 Å². The Hall–Kier alpha value is -1.36. The van der Waals surface area contributed by atoms with Gasteiger partial charge in [-0.2, -0.15) is 4.98 Å². The maximum Gasteiger partial charge on any atom is 0.227 e. The van der Waals surface area contributed by atoms with Gasteiger partial charge in [-0.05, 0) is 40.2 Å².